The quantitative estimate of drug-likeness (QED) is 0.132. The maximum absolute atomic E-state index is 11.9. The van der Waals surface area contributed by atoms with Crippen molar-refractivity contribution in [3.05, 3.63) is 0 Å². The maximum atomic E-state index is 11.9. The predicted octanol–water partition coefficient (Wildman–Crippen LogP) is 8.13. The van der Waals surface area contributed by atoms with Crippen molar-refractivity contribution >= 4 is 23.6 Å². The number of unbranched alkanes of at least 4 members (excludes halogenated alkanes) is 18. The van der Waals surface area contributed by atoms with Gasteiger partial charge in [-0.2, -0.15) is 11.8 Å². The second-order valence-corrected chi connectivity index (χ2v) is 10.3. The molecule has 0 bridgehead atoms. The molecule has 0 aromatic carbocycles. The van der Waals surface area contributed by atoms with E-state index in [0.29, 0.717) is 12.8 Å². The molecule has 0 saturated carbocycles. The summed E-state index contributed by atoms with van der Waals surface area (Å²) < 4.78 is 0. The van der Waals surface area contributed by atoms with Crippen LogP contribution < -0.4 is 5.32 Å². The Morgan fingerprint density at radius 2 is 1.06 bits per heavy atom. The molecular weight excluding hydrogens is 418 g/mol. The van der Waals surface area contributed by atoms with Crippen LogP contribution in [0.25, 0.3) is 0 Å². The highest BCUT2D eigenvalue weighted by Gasteiger charge is 2.18. The van der Waals surface area contributed by atoms with E-state index in [1.807, 2.05) is 6.26 Å². The Bertz CT molecular complexity index is 431. The first kappa shape index (κ1) is 31.3. The Morgan fingerprint density at radius 3 is 1.41 bits per heavy atom. The first-order valence-electron chi connectivity index (χ1n) is 13.6. The van der Waals surface area contributed by atoms with Crippen LogP contribution in [0.2, 0.25) is 0 Å². The van der Waals surface area contributed by atoms with Gasteiger partial charge in [0.25, 0.3) is 0 Å². The largest absolute Gasteiger partial charge is 0.480 e. The molecule has 1 atom stereocenters. The monoisotopic (exact) mass is 471 g/mol. The van der Waals surface area contributed by atoms with Crippen molar-refractivity contribution in [1.29, 1.82) is 0 Å². The lowest BCUT2D eigenvalue weighted by molar-refractivity contribution is -0.141. The van der Waals surface area contributed by atoms with Crippen LogP contribution in [-0.4, -0.2) is 35.0 Å². The number of carbonyl (C=O) groups excluding carboxylic acids is 1. The molecule has 0 radical (unpaired) electrons. The van der Waals surface area contributed by atoms with Gasteiger partial charge in [-0.25, -0.2) is 4.79 Å². The molecular formula is C27H53NO3S. The summed E-state index contributed by atoms with van der Waals surface area (Å²) in [6, 6.07) is -0.740. The fourth-order valence-electron chi connectivity index (χ4n) is 4.12. The summed E-state index contributed by atoms with van der Waals surface area (Å²) in [6.07, 6.45) is 28.3. The number of hydrogen-bond donors (Lipinski definition) is 2. The van der Waals surface area contributed by atoms with E-state index in [1.165, 1.54) is 109 Å². The van der Waals surface area contributed by atoms with E-state index >= 15 is 0 Å². The zero-order chi connectivity index (χ0) is 23.7. The van der Waals surface area contributed by atoms with Gasteiger partial charge in [0, 0.05) is 6.42 Å². The van der Waals surface area contributed by atoms with Gasteiger partial charge in [-0.05, 0) is 24.9 Å². The summed E-state index contributed by atoms with van der Waals surface area (Å²) >= 11 is 1.60. The number of amides is 1. The molecule has 0 heterocycles. The molecule has 0 aliphatic rings. The first-order valence-corrected chi connectivity index (χ1v) is 15.0. The number of rotatable bonds is 25. The maximum Gasteiger partial charge on any atom is 0.326 e. The zero-order valence-electron chi connectivity index (χ0n) is 21.3. The molecule has 190 valence electrons. The van der Waals surface area contributed by atoms with Crippen LogP contribution in [0.3, 0.4) is 0 Å². The summed E-state index contributed by atoms with van der Waals surface area (Å²) in [5.74, 6) is -0.303. The van der Waals surface area contributed by atoms with Gasteiger partial charge in [-0.3, -0.25) is 4.79 Å². The lowest BCUT2D eigenvalue weighted by Gasteiger charge is -2.13. The van der Waals surface area contributed by atoms with Crippen LogP contribution in [0.1, 0.15) is 142 Å². The van der Waals surface area contributed by atoms with Crippen molar-refractivity contribution in [3.8, 4) is 0 Å². The summed E-state index contributed by atoms with van der Waals surface area (Å²) in [4.78, 5) is 23.1. The molecule has 2 N–H and O–H groups in total. The van der Waals surface area contributed by atoms with Crippen molar-refractivity contribution in [2.45, 2.75) is 148 Å². The summed E-state index contributed by atoms with van der Waals surface area (Å²) in [6.45, 7) is 2.28. The number of thioether (sulfide) groups is 1. The standard InChI is InChI=1S/C27H53NO3S/c1-3-4-5-6-7-8-9-10-11-12-13-14-15-16-17-18-19-20-21-22-26(29)28-25(27(30)31)23-24-32-2/h25H,3-24H2,1-2H3,(H,28,29)(H,30,31). The third-order valence-electron chi connectivity index (χ3n) is 6.25. The molecule has 1 amide bonds. The third kappa shape index (κ3) is 22.5. The predicted molar refractivity (Wildman–Crippen MR) is 141 cm³/mol. The molecule has 0 spiro atoms. The number of nitrogens with one attached hydrogen (secondary N) is 1. The van der Waals surface area contributed by atoms with Gasteiger partial charge in [0.2, 0.25) is 5.91 Å². The highest BCUT2D eigenvalue weighted by Crippen LogP contribution is 2.15. The Morgan fingerprint density at radius 1 is 0.688 bits per heavy atom. The topological polar surface area (TPSA) is 66.4 Å². The van der Waals surface area contributed by atoms with Gasteiger partial charge in [-0.15, -0.1) is 0 Å². The SMILES string of the molecule is CCCCCCCCCCCCCCCCCCCCCC(=O)NC(CCSC)C(=O)O. The van der Waals surface area contributed by atoms with E-state index in [1.54, 1.807) is 11.8 Å². The van der Waals surface area contributed by atoms with E-state index in [-0.39, 0.29) is 5.91 Å². The van der Waals surface area contributed by atoms with Gasteiger partial charge in [0.15, 0.2) is 0 Å². The van der Waals surface area contributed by atoms with Crippen LogP contribution in [0, 0.1) is 0 Å². The molecule has 0 saturated heterocycles. The zero-order valence-corrected chi connectivity index (χ0v) is 22.1. The second kappa shape index (κ2) is 24.9. The Labute approximate surface area is 203 Å². The Balaban J connectivity index is 3.30. The molecule has 0 rings (SSSR count). The highest BCUT2D eigenvalue weighted by molar-refractivity contribution is 7.98. The molecule has 5 heteroatoms. The van der Waals surface area contributed by atoms with Gasteiger partial charge < -0.3 is 10.4 Å². The van der Waals surface area contributed by atoms with E-state index in [4.69, 9.17) is 5.11 Å². The van der Waals surface area contributed by atoms with Crippen LogP contribution in [0.4, 0.5) is 0 Å². The number of carboxylic acids is 1. The fraction of sp³-hybridized carbons (Fsp3) is 0.926. The van der Waals surface area contributed by atoms with E-state index in [2.05, 4.69) is 12.2 Å². The summed E-state index contributed by atoms with van der Waals surface area (Å²) in [5.41, 5.74) is 0. The average molecular weight is 472 g/mol. The van der Waals surface area contributed by atoms with E-state index in [9.17, 15) is 9.59 Å². The minimum absolute atomic E-state index is 0.120. The van der Waals surface area contributed by atoms with Crippen molar-refractivity contribution in [2.75, 3.05) is 12.0 Å². The van der Waals surface area contributed by atoms with Gasteiger partial charge in [-0.1, -0.05) is 122 Å². The van der Waals surface area contributed by atoms with Crippen molar-refractivity contribution in [2.24, 2.45) is 0 Å². The molecule has 32 heavy (non-hydrogen) atoms. The molecule has 0 aromatic heterocycles. The molecule has 0 aliphatic carbocycles. The third-order valence-corrected chi connectivity index (χ3v) is 6.90. The van der Waals surface area contributed by atoms with Crippen molar-refractivity contribution in [1.82, 2.24) is 5.32 Å². The van der Waals surface area contributed by atoms with Crippen LogP contribution in [-0.2, 0) is 9.59 Å². The van der Waals surface area contributed by atoms with Crippen molar-refractivity contribution in [3.63, 3.8) is 0 Å². The molecule has 0 aliphatic heterocycles. The molecule has 0 fully saturated rings. The number of carboxylic acid groups (broad SMARTS) is 1. The van der Waals surface area contributed by atoms with Gasteiger partial charge in [0.05, 0.1) is 0 Å². The number of carbonyl (C=O) groups is 2. The highest BCUT2D eigenvalue weighted by atomic mass is 32.2. The summed E-state index contributed by atoms with van der Waals surface area (Å²) in [7, 11) is 0. The molecule has 4 nitrogen and oxygen atoms in total. The van der Waals surface area contributed by atoms with Gasteiger partial charge in [0.1, 0.15) is 6.04 Å². The average Bonchev–Trinajstić information content (AvgIpc) is 2.78. The lowest BCUT2D eigenvalue weighted by atomic mass is 10.0. The summed E-state index contributed by atoms with van der Waals surface area (Å²) in [5, 5.41) is 11.8. The van der Waals surface area contributed by atoms with Crippen LogP contribution in [0.5, 0.6) is 0 Å². The van der Waals surface area contributed by atoms with Crippen molar-refractivity contribution < 1.29 is 14.7 Å². The van der Waals surface area contributed by atoms with E-state index < -0.39 is 12.0 Å². The lowest BCUT2D eigenvalue weighted by Crippen LogP contribution is -2.41. The minimum atomic E-state index is -0.930. The molecule has 1 unspecified atom stereocenters. The number of aliphatic carboxylic acids is 1. The van der Waals surface area contributed by atoms with Crippen LogP contribution >= 0.6 is 11.8 Å². The minimum Gasteiger partial charge on any atom is -0.480 e. The Hall–Kier alpha value is -0.710. The first-order chi connectivity index (χ1) is 15.6. The smallest absolute Gasteiger partial charge is 0.326 e. The van der Waals surface area contributed by atoms with Gasteiger partial charge >= 0.3 is 5.97 Å². The van der Waals surface area contributed by atoms with E-state index in [0.717, 1.165) is 18.6 Å². The number of hydrogen-bond acceptors (Lipinski definition) is 3. The van der Waals surface area contributed by atoms with Crippen LogP contribution in [0.15, 0.2) is 0 Å². The fourth-order valence-corrected chi connectivity index (χ4v) is 4.59. The normalized spacial score (nSPS) is 12.1. The second-order valence-electron chi connectivity index (χ2n) is 9.35. The molecule has 0 aromatic rings. The Kier molecular flexibility index (Phi) is 24.4.